The summed E-state index contributed by atoms with van der Waals surface area (Å²) in [4.78, 5) is 2.36. The SMILES string of the molecule is [B]c1coc(CN2CCNCC2)c1. The van der Waals surface area contributed by atoms with Gasteiger partial charge in [0.15, 0.2) is 0 Å². The lowest BCUT2D eigenvalue weighted by atomic mass is 10.0. The molecule has 0 atom stereocenters. The number of piperazine rings is 1. The zero-order valence-corrected chi connectivity index (χ0v) is 7.62. The van der Waals surface area contributed by atoms with E-state index in [4.69, 9.17) is 12.3 Å². The highest BCUT2D eigenvalue weighted by atomic mass is 16.3. The number of rotatable bonds is 2. The molecule has 0 spiro atoms. The molecule has 2 radical (unpaired) electrons. The fourth-order valence-corrected chi connectivity index (χ4v) is 1.57. The van der Waals surface area contributed by atoms with Gasteiger partial charge in [0.25, 0.3) is 0 Å². The lowest BCUT2D eigenvalue weighted by molar-refractivity contribution is 0.216. The molecule has 1 saturated heterocycles. The Balaban J connectivity index is 1.89. The highest BCUT2D eigenvalue weighted by Crippen LogP contribution is 2.04. The fraction of sp³-hybridized carbons (Fsp3) is 0.556. The molecule has 13 heavy (non-hydrogen) atoms. The first kappa shape index (κ1) is 8.85. The van der Waals surface area contributed by atoms with Crippen molar-refractivity contribution in [1.82, 2.24) is 10.2 Å². The van der Waals surface area contributed by atoms with E-state index in [1.165, 1.54) is 0 Å². The van der Waals surface area contributed by atoms with Gasteiger partial charge in [-0.3, -0.25) is 4.90 Å². The van der Waals surface area contributed by atoms with Gasteiger partial charge >= 0.3 is 0 Å². The van der Waals surface area contributed by atoms with Gasteiger partial charge in [-0.1, -0.05) is 5.46 Å². The summed E-state index contributed by atoms with van der Waals surface area (Å²) < 4.78 is 5.28. The van der Waals surface area contributed by atoms with Crippen LogP contribution in [0.5, 0.6) is 0 Å². The van der Waals surface area contributed by atoms with Crippen molar-refractivity contribution in [3.05, 3.63) is 18.1 Å². The van der Waals surface area contributed by atoms with Gasteiger partial charge < -0.3 is 9.73 Å². The van der Waals surface area contributed by atoms with Crippen LogP contribution in [0.3, 0.4) is 0 Å². The molecule has 1 aromatic heterocycles. The molecule has 0 amide bonds. The smallest absolute Gasteiger partial charge is 0.118 e. The Labute approximate surface area is 79.5 Å². The van der Waals surface area contributed by atoms with Gasteiger partial charge in [0, 0.05) is 26.2 Å². The Hall–Kier alpha value is -0.735. The van der Waals surface area contributed by atoms with Gasteiger partial charge in [-0.2, -0.15) is 0 Å². The van der Waals surface area contributed by atoms with Crippen LogP contribution in [0, 0.1) is 0 Å². The predicted molar refractivity (Wildman–Crippen MR) is 52.2 cm³/mol. The molecule has 1 aliphatic heterocycles. The third kappa shape index (κ3) is 2.35. The van der Waals surface area contributed by atoms with Crippen LogP contribution < -0.4 is 10.8 Å². The van der Waals surface area contributed by atoms with E-state index in [0.717, 1.165) is 38.5 Å². The monoisotopic (exact) mass is 176 g/mol. The summed E-state index contributed by atoms with van der Waals surface area (Å²) in [6.45, 7) is 5.17. The van der Waals surface area contributed by atoms with E-state index in [0.29, 0.717) is 5.46 Å². The summed E-state index contributed by atoms with van der Waals surface area (Å²) in [5.41, 5.74) is 0.713. The van der Waals surface area contributed by atoms with Crippen LogP contribution in [-0.2, 0) is 6.54 Å². The first-order valence-electron chi connectivity index (χ1n) is 4.60. The van der Waals surface area contributed by atoms with Crippen molar-refractivity contribution in [3.8, 4) is 0 Å². The Kier molecular flexibility index (Phi) is 2.71. The van der Waals surface area contributed by atoms with Crippen molar-refractivity contribution >= 4 is 13.3 Å². The van der Waals surface area contributed by atoms with Crippen LogP contribution >= 0.6 is 0 Å². The average molecular weight is 176 g/mol. The van der Waals surface area contributed by atoms with E-state index in [9.17, 15) is 0 Å². The Bertz CT molecular complexity index is 268. The van der Waals surface area contributed by atoms with Crippen LogP contribution in [0.4, 0.5) is 0 Å². The lowest BCUT2D eigenvalue weighted by Gasteiger charge is -2.26. The van der Waals surface area contributed by atoms with Crippen molar-refractivity contribution < 1.29 is 4.42 Å². The van der Waals surface area contributed by atoms with Crippen molar-refractivity contribution in [1.29, 1.82) is 0 Å². The molecular formula is C9H13BN2O. The Morgan fingerprint density at radius 3 is 2.85 bits per heavy atom. The first-order chi connectivity index (χ1) is 6.34. The standard InChI is InChI=1S/C9H13BN2O/c10-8-5-9(13-7-8)6-12-3-1-11-2-4-12/h5,7,11H,1-4,6H2. The average Bonchev–Trinajstić information content (AvgIpc) is 2.53. The lowest BCUT2D eigenvalue weighted by Crippen LogP contribution is -2.42. The molecule has 0 bridgehead atoms. The minimum Gasteiger partial charge on any atom is -0.469 e. The molecular weight excluding hydrogens is 163 g/mol. The van der Waals surface area contributed by atoms with Crippen LogP contribution in [0.2, 0.25) is 0 Å². The topological polar surface area (TPSA) is 28.4 Å². The molecule has 1 aliphatic rings. The minimum atomic E-state index is 0.713. The molecule has 0 aromatic carbocycles. The van der Waals surface area contributed by atoms with Gasteiger partial charge in [-0.15, -0.1) is 0 Å². The van der Waals surface area contributed by atoms with Crippen molar-refractivity contribution in [2.45, 2.75) is 6.54 Å². The molecule has 3 nitrogen and oxygen atoms in total. The molecule has 1 N–H and O–H groups in total. The maximum atomic E-state index is 5.56. The third-order valence-electron chi connectivity index (χ3n) is 2.26. The second-order valence-electron chi connectivity index (χ2n) is 3.37. The highest BCUT2D eigenvalue weighted by molar-refractivity contribution is 6.32. The Morgan fingerprint density at radius 2 is 2.23 bits per heavy atom. The summed E-state index contributed by atoms with van der Waals surface area (Å²) in [5, 5.41) is 3.31. The second-order valence-corrected chi connectivity index (χ2v) is 3.37. The summed E-state index contributed by atoms with van der Waals surface area (Å²) >= 11 is 0. The van der Waals surface area contributed by atoms with Crippen molar-refractivity contribution in [2.24, 2.45) is 0 Å². The van der Waals surface area contributed by atoms with Crippen LogP contribution in [-0.4, -0.2) is 38.9 Å². The van der Waals surface area contributed by atoms with Gasteiger partial charge in [-0.25, -0.2) is 0 Å². The number of nitrogens with zero attached hydrogens (tertiary/aromatic N) is 1. The summed E-state index contributed by atoms with van der Waals surface area (Å²) in [6, 6.07) is 1.89. The summed E-state index contributed by atoms with van der Waals surface area (Å²) in [6.07, 6.45) is 1.59. The maximum Gasteiger partial charge on any atom is 0.118 e. The van der Waals surface area contributed by atoms with E-state index in [2.05, 4.69) is 10.2 Å². The van der Waals surface area contributed by atoms with Crippen molar-refractivity contribution in [2.75, 3.05) is 26.2 Å². The van der Waals surface area contributed by atoms with E-state index in [-0.39, 0.29) is 0 Å². The van der Waals surface area contributed by atoms with Crippen LogP contribution in [0.15, 0.2) is 16.7 Å². The largest absolute Gasteiger partial charge is 0.469 e. The molecule has 2 rings (SSSR count). The maximum absolute atomic E-state index is 5.56. The number of hydrogen-bond acceptors (Lipinski definition) is 3. The predicted octanol–water partition coefficient (Wildman–Crippen LogP) is -0.521. The molecule has 2 heterocycles. The molecule has 4 heteroatoms. The molecule has 0 unspecified atom stereocenters. The van der Waals surface area contributed by atoms with Gasteiger partial charge in [-0.05, 0) is 6.07 Å². The number of furan rings is 1. The van der Waals surface area contributed by atoms with Crippen molar-refractivity contribution in [3.63, 3.8) is 0 Å². The zero-order chi connectivity index (χ0) is 9.10. The zero-order valence-electron chi connectivity index (χ0n) is 7.62. The Morgan fingerprint density at radius 1 is 1.46 bits per heavy atom. The van der Waals surface area contributed by atoms with Gasteiger partial charge in [0.2, 0.25) is 0 Å². The minimum absolute atomic E-state index is 0.713. The molecule has 68 valence electrons. The molecule has 0 saturated carbocycles. The quantitative estimate of drug-likeness (QED) is 0.614. The fourth-order valence-electron chi connectivity index (χ4n) is 1.57. The molecule has 1 fully saturated rings. The molecule has 1 aromatic rings. The van der Waals surface area contributed by atoms with E-state index >= 15 is 0 Å². The summed E-state index contributed by atoms with van der Waals surface area (Å²) in [5.74, 6) is 0.958. The van der Waals surface area contributed by atoms with E-state index in [1.807, 2.05) is 6.07 Å². The molecule has 0 aliphatic carbocycles. The second kappa shape index (κ2) is 3.98. The third-order valence-corrected chi connectivity index (χ3v) is 2.26. The number of nitrogens with one attached hydrogen (secondary N) is 1. The van der Waals surface area contributed by atoms with Gasteiger partial charge in [0.05, 0.1) is 12.8 Å². The first-order valence-corrected chi connectivity index (χ1v) is 4.60. The van der Waals surface area contributed by atoms with Gasteiger partial charge in [0.1, 0.15) is 13.6 Å². The summed E-state index contributed by atoms with van der Waals surface area (Å²) in [7, 11) is 5.56. The van der Waals surface area contributed by atoms with E-state index < -0.39 is 0 Å². The normalized spacial score (nSPS) is 19.1. The van der Waals surface area contributed by atoms with E-state index in [1.54, 1.807) is 6.26 Å². The van der Waals surface area contributed by atoms with Crippen LogP contribution in [0.1, 0.15) is 5.76 Å². The van der Waals surface area contributed by atoms with Crippen LogP contribution in [0.25, 0.3) is 0 Å². The highest BCUT2D eigenvalue weighted by Gasteiger charge is 2.10. The number of hydrogen-bond donors (Lipinski definition) is 1.